The Bertz CT molecular complexity index is 1290. The summed E-state index contributed by atoms with van der Waals surface area (Å²) >= 11 is 0. The molecule has 0 N–H and O–H groups in total. The number of hydrogen-bond acceptors (Lipinski definition) is 5. The van der Waals surface area contributed by atoms with Crippen molar-refractivity contribution in [2.45, 2.75) is 62.6 Å². The van der Waals surface area contributed by atoms with Gasteiger partial charge in [0.25, 0.3) is 10.0 Å². The molecule has 2 aromatic carbocycles. The SMILES string of the molecule is C=CCN(C(=O)CC1=CC(C)(CO[Si](C)(C)C(C)(C)C)c2ccccc21)S(=O)(=O)c1ccc(OC)cc1. The van der Waals surface area contributed by atoms with Gasteiger partial charge in [0.2, 0.25) is 5.91 Å². The lowest BCUT2D eigenvalue weighted by Gasteiger charge is -2.39. The van der Waals surface area contributed by atoms with Crippen molar-refractivity contribution in [1.82, 2.24) is 4.31 Å². The number of carbonyl (C=O) groups is 1. The topological polar surface area (TPSA) is 72.9 Å². The fraction of sp³-hybridized carbons (Fsp3) is 0.414. The molecule has 6 nitrogen and oxygen atoms in total. The van der Waals surface area contributed by atoms with Crippen molar-refractivity contribution in [3.8, 4) is 5.75 Å². The quantitative estimate of drug-likeness (QED) is 0.266. The highest BCUT2D eigenvalue weighted by molar-refractivity contribution is 7.89. The standard InChI is InChI=1S/C29H39NO5SSi/c1-9-18-30(36(32,33)24-16-14-23(34-6)15-17-24)27(31)19-22-20-29(5,26-13-11-10-12-25(22)26)21-35-37(7,8)28(2,3)4/h9-17,20H,1,18-19,21H2,2-8H3. The highest BCUT2D eigenvalue weighted by Crippen LogP contribution is 2.44. The van der Waals surface area contributed by atoms with Crippen LogP contribution in [0.5, 0.6) is 5.75 Å². The van der Waals surface area contributed by atoms with Crippen molar-refractivity contribution >= 4 is 29.8 Å². The number of amides is 1. The molecule has 0 aromatic heterocycles. The zero-order valence-electron chi connectivity index (χ0n) is 23.0. The van der Waals surface area contributed by atoms with Crippen LogP contribution in [0.1, 0.15) is 45.2 Å². The van der Waals surface area contributed by atoms with Crippen molar-refractivity contribution in [1.29, 1.82) is 0 Å². The van der Waals surface area contributed by atoms with Gasteiger partial charge in [-0.3, -0.25) is 4.79 Å². The Morgan fingerprint density at radius 1 is 1.11 bits per heavy atom. The maximum absolute atomic E-state index is 13.5. The summed E-state index contributed by atoms with van der Waals surface area (Å²) in [5.41, 5.74) is 2.43. The van der Waals surface area contributed by atoms with Crippen LogP contribution in [-0.2, 0) is 24.7 Å². The van der Waals surface area contributed by atoms with Crippen molar-refractivity contribution < 1.29 is 22.4 Å². The molecule has 37 heavy (non-hydrogen) atoms. The molecule has 1 unspecified atom stereocenters. The maximum atomic E-state index is 13.5. The predicted molar refractivity (Wildman–Crippen MR) is 152 cm³/mol. The molecule has 0 fully saturated rings. The summed E-state index contributed by atoms with van der Waals surface area (Å²) in [5, 5.41) is 0.0744. The largest absolute Gasteiger partial charge is 0.497 e. The van der Waals surface area contributed by atoms with Crippen LogP contribution >= 0.6 is 0 Å². The molecule has 0 heterocycles. The van der Waals surface area contributed by atoms with Gasteiger partial charge >= 0.3 is 0 Å². The van der Waals surface area contributed by atoms with Crippen LogP contribution in [0.15, 0.2) is 72.2 Å². The molecule has 0 bridgehead atoms. The number of nitrogens with zero attached hydrogens (tertiary/aromatic N) is 1. The Labute approximate surface area is 223 Å². The Morgan fingerprint density at radius 3 is 2.30 bits per heavy atom. The third-order valence-electron chi connectivity index (χ3n) is 7.48. The van der Waals surface area contributed by atoms with Crippen molar-refractivity contribution in [2.75, 3.05) is 20.3 Å². The average Bonchev–Trinajstić information content (AvgIpc) is 3.12. The molecular formula is C29H39NO5SSi. The van der Waals surface area contributed by atoms with Gasteiger partial charge in [-0.1, -0.05) is 57.2 Å². The molecule has 1 amide bonds. The molecule has 1 aliphatic carbocycles. The normalized spacial score (nSPS) is 17.6. The van der Waals surface area contributed by atoms with Gasteiger partial charge in [-0.25, -0.2) is 12.7 Å². The van der Waals surface area contributed by atoms with E-state index in [-0.39, 0.29) is 22.9 Å². The van der Waals surface area contributed by atoms with Gasteiger partial charge in [-0.15, -0.1) is 6.58 Å². The number of sulfonamides is 1. The lowest BCUT2D eigenvalue weighted by molar-refractivity contribution is -0.125. The number of carbonyl (C=O) groups excluding carboxylic acids is 1. The molecule has 0 spiro atoms. The number of rotatable bonds is 10. The third kappa shape index (κ3) is 5.92. The minimum atomic E-state index is -4.07. The van der Waals surface area contributed by atoms with E-state index >= 15 is 0 Å². The second-order valence-corrected chi connectivity index (χ2v) is 17.9. The van der Waals surface area contributed by atoms with E-state index in [0.29, 0.717) is 12.4 Å². The van der Waals surface area contributed by atoms with Gasteiger partial charge in [-0.2, -0.15) is 0 Å². The predicted octanol–water partition coefficient (Wildman–Crippen LogP) is 6.17. The Kier molecular flexibility index (Phi) is 8.27. The zero-order valence-corrected chi connectivity index (χ0v) is 24.8. The van der Waals surface area contributed by atoms with Crippen molar-refractivity contribution in [3.05, 3.63) is 78.4 Å². The highest BCUT2D eigenvalue weighted by atomic mass is 32.2. The third-order valence-corrected chi connectivity index (χ3v) is 13.8. The Hall–Kier alpha value is -2.68. The molecule has 0 radical (unpaired) electrons. The number of fused-ring (bicyclic) bond motifs is 1. The van der Waals surface area contributed by atoms with E-state index in [4.69, 9.17) is 9.16 Å². The zero-order chi connectivity index (χ0) is 27.6. The maximum Gasteiger partial charge on any atom is 0.266 e. The van der Waals surface area contributed by atoms with Crippen LogP contribution in [0.4, 0.5) is 0 Å². The van der Waals surface area contributed by atoms with Crippen LogP contribution in [0.3, 0.4) is 0 Å². The second kappa shape index (κ2) is 10.6. The summed E-state index contributed by atoms with van der Waals surface area (Å²) in [7, 11) is -4.56. The van der Waals surface area contributed by atoms with E-state index in [1.165, 1.54) is 25.3 Å². The molecular weight excluding hydrogens is 502 g/mol. The number of hydrogen-bond donors (Lipinski definition) is 0. The molecule has 0 saturated heterocycles. The molecule has 2 aromatic rings. The first-order valence-electron chi connectivity index (χ1n) is 12.4. The molecule has 1 aliphatic rings. The fourth-order valence-electron chi connectivity index (χ4n) is 4.19. The Balaban J connectivity index is 1.91. The molecule has 1 atom stereocenters. The summed E-state index contributed by atoms with van der Waals surface area (Å²) in [6, 6.07) is 14.0. The van der Waals surface area contributed by atoms with Crippen molar-refractivity contribution in [3.63, 3.8) is 0 Å². The molecule has 200 valence electrons. The molecule has 0 aliphatic heterocycles. The minimum Gasteiger partial charge on any atom is -0.497 e. The van der Waals surface area contributed by atoms with E-state index in [0.717, 1.165) is 21.0 Å². The van der Waals surface area contributed by atoms with E-state index < -0.39 is 29.7 Å². The first-order valence-corrected chi connectivity index (χ1v) is 16.8. The van der Waals surface area contributed by atoms with Gasteiger partial charge in [-0.05, 0) is 66.0 Å². The van der Waals surface area contributed by atoms with Gasteiger partial charge in [0.05, 0.1) is 25.0 Å². The monoisotopic (exact) mass is 541 g/mol. The van der Waals surface area contributed by atoms with Gasteiger partial charge in [0, 0.05) is 12.0 Å². The average molecular weight is 542 g/mol. The number of benzene rings is 2. The summed E-state index contributed by atoms with van der Waals surface area (Å²) in [6.45, 7) is 17.2. The molecule has 8 heteroatoms. The fourth-order valence-corrected chi connectivity index (χ4v) is 6.65. The summed E-state index contributed by atoms with van der Waals surface area (Å²) in [6.07, 6.45) is 3.46. The van der Waals surface area contributed by atoms with Crippen LogP contribution < -0.4 is 4.74 Å². The minimum absolute atomic E-state index is 0.0249. The van der Waals surface area contributed by atoms with Gasteiger partial charge in [0.15, 0.2) is 8.32 Å². The van der Waals surface area contributed by atoms with Crippen LogP contribution in [0.2, 0.25) is 18.1 Å². The Morgan fingerprint density at radius 2 is 1.73 bits per heavy atom. The van der Waals surface area contributed by atoms with Crippen molar-refractivity contribution in [2.24, 2.45) is 0 Å². The lowest BCUT2D eigenvalue weighted by atomic mass is 9.86. The van der Waals surface area contributed by atoms with Crippen LogP contribution in [0.25, 0.3) is 5.57 Å². The molecule has 3 rings (SSSR count). The second-order valence-electron chi connectivity index (χ2n) is 11.3. The number of methoxy groups -OCH3 is 1. The number of ether oxygens (including phenoxy) is 1. The van der Waals surface area contributed by atoms with Gasteiger partial charge in [0.1, 0.15) is 5.75 Å². The first kappa shape index (κ1) is 28.9. The first-order chi connectivity index (χ1) is 17.2. The molecule has 0 saturated carbocycles. The smallest absolute Gasteiger partial charge is 0.266 e. The van der Waals surface area contributed by atoms with Crippen LogP contribution in [0, 0.1) is 0 Å². The summed E-state index contributed by atoms with van der Waals surface area (Å²) in [5.74, 6) is 0.0267. The highest BCUT2D eigenvalue weighted by Gasteiger charge is 2.42. The summed E-state index contributed by atoms with van der Waals surface area (Å²) < 4.78 is 39.4. The summed E-state index contributed by atoms with van der Waals surface area (Å²) in [4.78, 5) is 13.5. The lowest BCUT2D eigenvalue weighted by Crippen LogP contribution is -2.43. The van der Waals surface area contributed by atoms with E-state index in [2.05, 4.69) is 59.5 Å². The van der Waals surface area contributed by atoms with E-state index in [1.807, 2.05) is 18.2 Å². The van der Waals surface area contributed by atoms with Crippen LogP contribution in [-0.4, -0.2) is 47.2 Å². The van der Waals surface area contributed by atoms with Gasteiger partial charge < -0.3 is 9.16 Å². The van der Waals surface area contributed by atoms with E-state index in [1.54, 1.807) is 12.1 Å². The van der Waals surface area contributed by atoms with E-state index in [9.17, 15) is 13.2 Å².